The van der Waals surface area contributed by atoms with Crippen molar-refractivity contribution < 1.29 is 18.8 Å². The summed E-state index contributed by atoms with van der Waals surface area (Å²) in [5.41, 5.74) is 2.44. The first kappa shape index (κ1) is 26.2. The molecule has 0 aliphatic carbocycles. The SMILES string of the molecule is CCc1ccc(NC(=O)N2CCC3(CC2)C(=O)N(CC(=O)Nc2ccc(F)cc2)CN3c2ccccc2)cc1. The molecule has 2 aliphatic heterocycles. The fourth-order valence-electron chi connectivity index (χ4n) is 5.34. The zero-order chi connectivity index (χ0) is 27.4. The van der Waals surface area contributed by atoms with Gasteiger partial charge in [0.15, 0.2) is 0 Å². The topological polar surface area (TPSA) is 85.0 Å². The Bertz CT molecular complexity index is 1320. The zero-order valence-electron chi connectivity index (χ0n) is 21.9. The molecule has 5 rings (SSSR count). The fourth-order valence-corrected chi connectivity index (χ4v) is 5.34. The number of nitrogens with zero attached hydrogens (tertiary/aromatic N) is 3. The minimum Gasteiger partial charge on any atom is -0.339 e. The molecule has 2 saturated heterocycles. The lowest BCUT2D eigenvalue weighted by Gasteiger charge is -2.43. The molecule has 9 heteroatoms. The number of hydrogen-bond acceptors (Lipinski definition) is 4. The first-order valence-corrected chi connectivity index (χ1v) is 13.2. The van der Waals surface area contributed by atoms with Crippen LogP contribution in [0.25, 0.3) is 0 Å². The standard InChI is InChI=1S/C30H32FN5O3/c1-2-22-8-12-25(13-9-22)33-29(39)34-18-16-30(17-19-34)28(38)35(21-36(30)26-6-4-3-5-7-26)20-27(37)32-24-14-10-23(31)11-15-24/h3-15H,2,16-21H2,1H3,(H,32,37)(H,33,39). The summed E-state index contributed by atoms with van der Waals surface area (Å²) in [6.45, 7) is 3.03. The van der Waals surface area contributed by atoms with E-state index in [9.17, 15) is 18.8 Å². The summed E-state index contributed by atoms with van der Waals surface area (Å²) in [5, 5.41) is 5.69. The van der Waals surface area contributed by atoms with Gasteiger partial charge in [0.25, 0.3) is 5.91 Å². The average Bonchev–Trinajstić information content (AvgIpc) is 3.21. The van der Waals surface area contributed by atoms with Crippen molar-refractivity contribution in [2.24, 2.45) is 0 Å². The summed E-state index contributed by atoms with van der Waals surface area (Å²) in [4.78, 5) is 45.0. The van der Waals surface area contributed by atoms with Crippen LogP contribution in [-0.2, 0) is 16.0 Å². The van der Waals surface area contributed by atoms with Crippen molar-refractivity contribution in [2.75, 3.05) is 41.8 Å². The smallest absolute Gasteiger partial charge is 0.321 e. The molecule has 4 amide bonds. The van der Waals surface area contributed by atoms with Gasteiger partial charge in [-0.05, 0) is 73.4 Å². The van der Waals surface area contributed by atoms with Crippen LogP contribution in [0.15, 0.2) is 78.9 Å². The van der Waals surface area contributed by atoms with E-state index in [0.717, 1.165) is 17.8 Å². The predicted molar refractivity (Wildman–Crippen MR) is 149 cm³/mol. The average molecular weight is 530 g/mol. The first-order chi connectivity index (χ1) is 18.9. The molecule has 0 bridgehead atoms. The number of piperidine rings is 1. The number of para-hydroxylation sites is 1. The molecule has 0 aromatic heterocycles. The maximum atomic E-state index is 13.9. The van der Waals surface area contributed by atoms with Gasteiger partial charge in [0, 0.05) is 30.2 Å². The molecule has 2 heterocycles. The molecule has 3 aromatic carbocycles. The lowest BCUT2D eigenvalue weighted by atomic mass is 9.85. The van der Waals surface area contributed by atoms with Gasteiger partial charge in [-0.1, -0.05) is 37.3 Å². The first-order valence-electron chi connectivity index (χ1n) is 13.2. The minimum atomic E-state index is -0.850. The van der Waals surface area contributed by atoms with Crippen LogP contribution in [0.4, 0.5) is 26.2 Å². The van der Waals surface area contributed by atoms with Crippen molar-refractivity contribution in [3.8, 4) is 0 Å². The summed E-state index contributed by atoms with van der Waals surface area (Å²) in [7, 11) is 0. The molecule has 0 radical (unpaired) electrons. The highest BCUT2D eigenvalue weighted by atomic mass is 19.1. The number of benzene rings is 3. The van der Waals surface area contributed by atoms with Crippen LogP contribution >= 0.6 is 0 Å². The number of rotatable bonds is 6. The van der Waals surface area contributed by atoms with Crippen molar-refractivity contribution in [3.05, 3.63) is 90.2 Å². The van der Waals surface area contributed by atoms with E-state index in [1.165, 1.54) is 29.8 Å². The number of nitrogens with one attached hydrogen (secondary N) is 2. The molecule has 2 N–H and O–H groups in total. The van der Waals surface area contributed by atoms with Crippen molar-refractivity contribution in [1.82, 2.24) is 9.80 Å². The monoisotopic (exact) mass is 529 g/mol. The second-order valence-corrected chi connectivity index (χ2v) is 9.96. The summed E-state index contributed by atoms with van der Waals surface area (Å²) >= 11 is 0. The number of carbonyl (C=O) groups excluding carboxylic acids is 3. The van der Waals surface area contributed by atoms with Crippen LogP contribution < -0.4 is 15.5 Å². The van der Waals surface area contributed by atoms with Gasteiger partial charge in [0.05, 0.1) is 6.67 Å². The Morgan fingerprint density at radius 3 is 2.13 bits per heavy atom. The molecule has 2 aliphatic rings. The number of halogens is 1. The van der Waals surface area contributed by atoms with Crippen molar-refractivity contribution in [1.29, 1.82) is 0 Å². The number of likely N-dealkylation sites (tertiary alicyclic amines) is 1. The van der Waals surface area contributed by atoms with Crippen LogP contribution in [0, 0.1) is 5.82 Å². The summed E-state index contributed by atoms with van der Waals surface area (Å²) < 4.78 is 13.2. The highest BCUT2D eigenvalue weighted by Crippen LogP contribution is 2.39. The van der Waals surface area contributed by atoms with Gasteiger partial charge >= 0.3 is 6.03 Å². The number of anilines is 3. The fraction of sp³-hybridized carbons (Fsp3) is 0.300. The van der Waals surface area contributed by atoms with E-state index in [0.29, 0.717) is 31.6 Å². The summed E-state index contributed by atoms with van der Waals surface area (Å²) in [6.07, 6.45) is 1.82. The molecule has 0 atom stereocenters. The highest BCUT2D eigenvalue weighted by Gasteiger charge is 2.54. The molecule has 1 spiro atoms. The molecule has 0 unspecified atom stereocenters. The maximum absolute atomic E-state index is 13.9. The van der Waals surface area contributed by atoms with E-state index >= 15 is 0 Å². The Morgan fingerprint density at radius 2 is 1.49 bits per heavy atom. The number of aryl methyl sites for hydroxylation is 1. The summed E-state index contributed by atoms with van der Waals surface area (Å²) in [5.74, 6) is -0.876. The van der Waals surface area contributed by atoms with Crippen LogP contribution in [0.1, 0.15) is 25.3 Å². The van der Waals surface area contributed by atoms with E-state index in [2.05, 4.69) is 22.5 Å². The number of hydrogen-bond donors (Lipinski definition) is 2. The van der Waals surface area contributed by atoms with Crippen molar-refractivity contribution in [2.45, 2.75) is 31.7 Å². The normalized spacial score (nSPS) is 16.5. The minimum absolute atomic E-state index is 0.126. The molecule has 0 saturated carbocycles. The van der Waals surface area contributed by atoms with E-state index in [4.69, 9.17) is 0 Å². The molecule has 8 nitrogen and oxygen atoms in total. The Hall–Kier alpha value is -4.40. The second kappa shape index (κ2) is 11.1. The number of carbonyl (C=O) groups is 3. The predicted octanol–water partition coefficient (Wildman–Crippen LogP) is 4.70. The van der Waals surface area contributed by atoms with Crippen LogP contribution in [0.2, 0.25) is 0 Å². The highest BCUT2D eigenvalue weighted by molar-refractivity contribution is 5.99. The molecular weight excluding hydrogens is 497 g/mol. The zero-order valence-corrected chi connectivity index (χ0v) is 21.9. The van der Waals surface area contributed by atoms with Crippen molar-refractivity contribution >= 4 is 34.9 Å². The molecule has 202 valence electrons. The summed E-state index contributed by atoms with van der Waals surface area (Å²) in [6, 6.07) is 22.8. The van der Waals surface area contributed by atoms with E-state index in [1.807, 2.05) is 54.6 Å². The lowest BCUT2D eigenvalue weighted by molar-refractivity contribution is -0.136. The van der Waals surface area contributed by atoms with Gasteiger partial charge in [0.1, 0.15) is 17.9 Å². The molecular formula is C30H32FN5O3. The third kappa shape index (κ3) is 5.57. The van der Waals surface area contributed by atoms with Gasteiger partial charge in [-0.15, -0.1) is 0 Å². The number of amides is 4. The third-order valence-electron chi connectivity index (χ3n) is 7.54. The molecule has 3 aromatic rings. The van der Waals surface area contributed by atoms with Crippen LogP contribution in [0.5, 0.6) is 0 Å². The van der Waals surface area contributed by atoms with E-state index < -0.39 is 11.4 Å². The van der Waals surface area contributed by atoms with Gasteiger partial charge in [-0.2, -0.15) is 0 Å². The van der Waals surface area contributed by atoms with Crippen LogP contribution in [0.3, 0.4) is 0 Å². The van der Waals surface area contributed by atoms with E-state index in [1.54, 1.807) is 9.80 Å². The Kier molecular flexibility index (Phi) is 7.49. The van der Waals surface area contributed by atoms with Gasteiger partial charge in [0.2, 0.25) is 5.91 Å². The quantitative estimate of drug-likeness (QED) is 0.485. The van der Waals surface area contributed by atoms with Crippen molar-refractivity contribution in [3.63, 3.8) is 0 Å². The Labute approximate surface area is 227 Å². The van der Waals surface area contributed by atoms with Gasteiger partial charge in [-0.3, -0.25) is 9.59 Å². The maximum Gasteiger partial charge on any atom is 0.321 e. The van der Waals surface area contributed by atoms with Crippen LogP contribution in [-0.4, -0.2) is 59.5 Å². The second-order valence-electron chi connectivity index (χ2n) is 9.96. The Balaban J connectivity index is 1.28. The number of urea groups is 1. The third-order valence-corrected chi connectivity index (χ3v) is 7.54. The van der Waals surface area contributed by atoms with Gasteiger partial charge < -0.3 is 25.3 Å². The Morgan fingerprint density at radius 1 is 0.872 bits per heavy atom. The molecule has 2 fully saturated rings. The largest absolute Gasteiger partial charge is 0.339 e. The molecule has 39 heavy (non-hydrogen) atoms. The van der Waals surface area contributed by atoms with Gasteiger partial charge in [-0.25, -0.2) is 9.18 Å². The lowest BCUT2D eigenvalue weighted by Crippen LogP contribution is -2.58. The van der Waals surface area contributed by atoms with E-state index in [-0.39, 0.29) is 31.1 Å².